The zero-order valence-electron chi connectivity index (χ0n) is 11.1. The van der Waals surface area contributed by atoms with Gasteiger partial charge in [-0.3, -0.25) is 9.48 Å². The molecule has 104 valence electrons. The van der Waals surface area contributed by atoms with E-state index >= 15 is 0 Å². The van der Waals surface area contributed by atoms with Crippen molar-refractivity contribution in [3.8, 4) is 0 Å². The van der Waals surface area contributed by atoms with Crippen molar-refractivity contribution in [2.24, 2.45) is 7.05 Å². The van der Waals surface area contributed by atoms with Crippen LogP contribution in [0, 0.1) is 0 Å². The maximum absolute atomic E-state index is 12.4. The Labute approximate surface area is 111 Å². The average Bonchev–Trinajstić information content (AvgIpc) is 2.76. The number of esters is 1. The van der Waals surface area contributed by atoms with Crippen molar-refractivity contribution in [3.63, 3.8) is 0 Å². The maximum atomic E-state index is 12.4. The third-order valence-corrected chi connectivity index (χ3v) is 3.30. The highest BCUT2D eigenvalue weighted by Crippen LogP contribution is 2.22. The maximum Gasteiger partial charge on any atom is 0.328 e. The number of carbonyl (C=O) groups is 2. The number of rotatable bonds is 2. The summed E-state index contributed by atoms with van der Waals surface area (Å²) in [6.07, 6.45) is 3.96. The number of nitrogens with zero attached hydrogens (tertiary/aromatic N) is 3. The third kappa shape index (κ3) is 2.54. The second-order valence-corrected chi connectivity index (χ2v) is 4.64. The Morgan fingerprint density at radius 1 is 1.47 bits per heavy atom. The van der Waals surface area contributed by atoms with Crippen LogP contribution in [0.5, 0.6) is 0 Å². The summed E-state index contributed by atoms with van der Waals surface area (Å²) in [6, 6.07) is -0.535. The molecule has 1 aliphatic rings. The molecule has 7 nitrogen and oxygen atoms in total. The van der Waals surface area contributed by atoms with Crippen molar-refractivity contribution in [2.45, 2.75) is 25.3 Å². The summed E-state index contributed by atoms with van der Waals surface area (Å²) in [6.45, 7) is 0.522. The van der Waals surface area contributed by atoms with E-state index in [0.717, 1.165) is 12.8 Å². The van der Waals surface area contributed by atoms with Crippen LogP contribution >= 0.6 is 0 Å². The van der Waals surface area contributed by atoms with Gasteiger partial charge in [-0.2, -0.15) is 5.10 Å². The molecule has 1 aromatic rings. The van der Waals surface area contributed by atoms with Gasteiger partial charge in [0.15, 0.2) is 5.69 Å². The van der Waals surface area contributed by atoms with Gasteiger partial charge in [0.05, 0.1) is 12.8 Å². The Hall–Kier alpha value is -2.05. The van der Waals surface area contributed by atoms with Crippen LogP contribution < -0.4 is 5.73 Å². The van der Waals surface area contributed by atoms with Crippen molar-refractivity contribution in [2.75, 3.05) is 19.4 Å². The number of nitrogen functional groups attached to an aromatic ring is 1. The second kappa shape index (κ2) is 5.29. The predicted octanol–water partition coefficient (Wildman–Crippen LogP) is 0.170. The van der Waals surface area contributed by atoms with Gasteiger partial charge in [-0.15, -0.1) is 0 Å². The lowest BCUT2D eigenvalue weighted by Gasteiger charge is -2.33. The number of anilines is 1. The number of amides is 1. The first kappa shape index (κ1) is 13.4. The average molecular weight is 266 g/mol. The largest absolute Gasteiger partial charge is 0.467 e. The van der Waals surface area contributed by atoms with Crippen molar-refractivity contribution < 1.29 is 14.3 Å². The molecule has 0 aromatic carbocycles. The van der Waals surface area contributed by atoms with Gasteiger partial charge in [-0.25, -0.2) is 4.79 Å². The molecular formula is C12H18N4O3. The van der Waals surface area contributed by atoms with Crippen LogP contribution in [0.15, 0.2) is 6.20 Å². The SMILES string of the molecule is COC(=O)C1CCCCN1C(=O)c1nn(C)cc1N. The lowest BCUT2D eigenvalue weighted by Crippen LogP contribution is -2.48. The van der Waals surface area contributed by atoms with Crippen LogP contribution in [0.1, 0.15) is 29.8 Å². The normalized spacial score (nSPS) is 19.3. The van der Waals surface area contributed by atoms with E-state index in [-0.39, 0.29) is 17.6 Å². The zero-order valence-corrected chi connectivity index (χ0v) is 11.1. The summed E-state index contributed by atoms with van der Waals surface area (Å²) in [7, 11) is 3.02. The van der Waals surface area contributed by atoms with Gasteiger partial charge in [0, 0.05) is 19.8 Å². The molecule has 1 aromatic heterocycles. The molecule has 1 unspecified atom stereocenters. The summed E-state index contributed by atoms with van der Waals surface area (Å²) in [5, 5.41) is 4.05. The van der Waals surface area contributed by atoms with Crippen molar-refractivity contribution in [1.29, 1.82) is 0 Å². The number of nitrogens with two attached hydrogens (primary N) is 1. The minimum atomic E-state index is -0.535. The first-order chi connectivity index (χ1) is 9.04. The summed E-state index contributed by atoms with van der Waals surface area (Å²) in [4.78, 5) is 25.7. The number of hydrogen-bond donors (Lipinski definition) is 1. The number of methoxy groups -OCH3 is 1. The Balaban J connectivity index is 2.25. The van der Waals surface area contributed by atoms with E-state index in [4.69, 9.17) is 10.5 Å². The van der Waals surface area contributed by atoms with Crippen molar-refractivity contribution in [1.82, 2.24) is 14.7 Å². The number of hydrogen-bond acceptors (Lipinski definition) is 5. The molecule has 2 rings (SSSR count). The molecule has 0 radical (unpaired) electrons. The number of piperidine rings is 1. The van der Waals surface area contributed by atoms with E-state index in [9.17, 15) is 9.59 Å². The number of aromatic nitrogens is 2. The van der Waals surface area contributed by atoms with Crippen LogP contribution in [0.25, 0.3) is 0 Å². The molecule has 1 amide bonds. The van der Waals surface area contributed by atoms with Crippen molar-refractivity contribution >= 4 is 17.6 Å². The van der Waals surface area contributed by atoms with Gasteiger partial charge >= 0.3 is 5.97 Å². The van der Waals surface area contributed by atoms with Crippen molar-refractivity contribution in [3.05, 3.63) is 11.9 Å². The van der Waals surface area contributed by atoms with Gasteiger partial charge < -0.3 is 15.4 Å². The third-order valence-electron chi connectivity index (χ3n) is 3.30. The highest BCUT2D eigenvalue weighted by Gasteiger charge is 2.34. The van der Waals surface area contributed by atoms with Crippen LogP contribution in [0.3, 0.4) is 0 Å². The molecule has 0 saturated carbocycles. The number of ether oxygens (including phenoxy) is 1. The fraction of sp³-hybridized carbons (Fsp3) is 0.583. The molecule has 7 heteroatoms. The van der Waals surface area contributed by atoms with E-state index < -0.39 is 6.04 Å². The van der Waals surface area contributed by atoms with Gasteiger partial charge in [-0.1, -0.05) is 0 Å². The van der Waals surface area contributed by atoms with E-state index in [1.54, 1.807) is 13.2 Å². The van der Waals surface area contributed by atoms with Gasteiger partial charge in [0.25, 0.3) is 5.91 Å². The molecule has 1 saturated heterocycles. The molecular weight excluding hydrogens is 248 g/mol. The van der Waals surface area contributed by atoms with E-state index in [2.05, 4.69) is 5.10 Å². The quantitative estimate of drug-likeness (QED) is 0.771. The standard InChI is InChI=1S/C12H18N4O3/c1-15-7-8(13)10(14-15)11(17)16-6-4-3-5-9(16)12(18)19-2/h7,9H,3-6,13H2,1-2H3. The minimum Gasteiger partial charge on any atom is -0.467 e. The molecule has 19 heavy (non-hydrogen) atoms. The highest BCUT2D eigenvalue weighted by atomic mass is 16.5. The molecule has 1 aliphatic heterocycles. The molecule has 2 N–H and O–H groups in total. The number of carbonyl (C=O) groups excluding carboxylic acids is 2. The fourth-order valence-corrected chi connectivity index (χ4v) is 2.36. The Morgan fingerprint density at radius 2 is 2.21 bits per heavy atom. The van der Waals surface area contributed by atoms with Crippen LogP contribution in [-0.2, 0) is 16.6 Å². The topological polar surface area (TPSA) is 90.5 Å². The molecule has 0 spiro atoms. The summed E-state index contributed by atoms with van der Waals surface area (Å²) >= 11 is 0. The zero-order chi connectivity index (χ0) is 14.0. The predicted molar refractivity (Wildman–Crippen MR) is 68.3 cm³/mol. The monoisotopic (exact) mass is 266 g/mol. The molecule has 1 atom stereocenters. The lowest BCUT2D eigenvalue weighted by atomic mass is 10.0. The Kier molecular flexibility index (Phi) is 3.73. The van der Waals surface area contributed by atoms with E-state index in [1.807, 2.05) is 0 Å². The summed E-state index contributed by atoms with van der Waals surface area (Å²) in [5.41, 5.74) is 6.27. The van der Waals surface area contributed by atoms with Crippen LogP contribution in [-0.4, -0.2) is 46.3 Å². The van der Waals surface area contributed by atoms with Crippen LogP contribution in [0.4, 0.5) is 5.69 Å². The molecule has 0 aliphatic carbocycles. The van der Waals surface area contributed by atoms with Gasteiger partial charge in [0.2, 0.25) is 0 Å². The first-order valence-corrected chi connectivity index (χ1v) is 6.22. The number of likely N-dealkylation sites (tertiary alicyclic amines) is 1. The number of aryl methyl sites for hydroxylation is 1. The van der Waals surface area contributed by atoms with E-state index in [1.165, 1.54) is 16.7 Å². The summed E-state index contributed by atoms with van der Waals surface area (Å²) in [5.74, 6) is -0.698. The smallest absolute Gasteiger partial charge is 0.328 e. The minimum absolute atomic E-state index is 0.193. The second-order valence-electron chi connectivity index (χ2n) is 4.64. The highest BCUT2D eigenvalue weighted by molar-refractivity contribution is 5.99. The van der Waals surface area contributed by atoms with E-state index in [0.29, 0.717) is 18.7 Å². The summed E-state index contributed by atoms with van der Waals surface area (Å²) < 4.78 is 6.24. The fourth-order valence-electron chi connectivity index (χ4n) is 2.36. The Bertz CT molecular complexity index is 497. The lowest BCUT2D eigenvalue weighted by molar-refractivity contribution is -0.147. The molecule has 1 fully saturated rings. The first-order valence-electron chi connectivity index (χ1n) is 6.22. The van der Waals surface area contributed by atoms with Gasteiger partial charge in [0.1, 0.15) is 6.04 Å². The Morgan fingerprint density at radius 3 is 2.79 bits per heavy atom. The van der Waals surface area contributed by atoms with Crippen LogP contribution in [0.2, 0.25) is 0 Å². The molecule has 0 bridgehead atoms. The van der Waals surface area contributed by atoms with Gasteiger partial charge in [-0.05, 0) is 19.3 Å². The molecule has 2 heterocycles.